The summed E-state index contributed by atoms with van der Waals surface area (Å²) >= 11 is 0. The van der Waals surface area contributed by atoms with Crippen molar-refractivity contribution >= 4 is 0 Å². The Hall–Kier alpha value is -1.68. The Labute approximate surface area is 108 Å². The van der Waals surface area contributed by atoms with E-state index in [-0.39, 0.29) is 6.04 Å². The summed E-state index contributed by atoms with van der Waals surface area (Å²) in [6.07, 6.45) is 7.67. The van der Waals surface area contributed by atoms with Gasteiger partial charge in [0.05, 0.1) is 17.9 Å². The van der Waals surface area contributed by atoms with Gasteiger partial charge in [0.1, 0.15) is 0 Å². The second-order valence-corrected chi connectivity index (χ2v) is 4.42. The molecule has 0 aliphatic carbocycles. The fraction of sp³-hybridized carbons (Fsp3) is 0.429. The van der Waals surface area contributed by atoms with Gasteiger partial charge in [-0.05, 0) is 24.5 Å². The Balaban J connectivity index is 2.26. The van der Waals surface area contributed by atoms with Crippen LogP contribution in [0.1, 0.15) is 43.1 Å². The van der Waals surface area contributed by atoms with Crippen molar-refractivity contribution in [1.82, 2.24) is 14.8 Å². The van der Waals surface area contributed by atoms with E-state index in [9.17, 15) is 0 Å². The number of rotatable bonds is 5. The van der Waals surface area contributed by atoms with Crippen LogP contribution in [-0.2, 0) is 13.0 Å². The predicted molar refractivity (Wildman–Crippen MR) is 72.2 cm³/mol. The van der Waals surface area contributed by atoms with Gasteiger partial charge >= 0.3 is 0 Å². The molecule has 0 fully saturated rings. The highest BCUT2D eigenvalue weighted by Crippen LogP contribution is 2.20. The normalized spacial score (nSPS) is 12.6. The van der Waals surface area contributed by atoms with Crippen molar-refractivity contribution in [2.45, 2.75) is 39.3 Å². The van der Waals surface area contributed by atoms with Crippen molar-refractivity contribution in [2.75, 3.05) is 0 Å². The quantitative estimate of drug-likeness (QED) is 0.878. The average Bonchev–Trinajstić information content (AvgIpc) is 2.87. The molecule has 18 heavy (non-hydrogen) atoms. The van der Waals surface area contributed by atoms with E-state index in [0.29, 0.717) is 0 Å². The van der Waals surface area contributed by atoms with Gasteiger partial charge in [0.2, 0.25) is 0 Å². The molecule has 0 aliphatic heterocycles. The van der Waals surface area contributed by atoms with Gasteiger partial charge in [-0.2, -0.15) is 5.10 Å². The third-order valence-electron chi connectivity index (χ3n) is 3.07. The standard InChI is InChI=1S/C14H20N4/c1-3-8-18-10-12(9-17-18)13(15)14-11(4-2)6-5-7-16-14/h5-7,9-10,13H,3-4,8,15H2,1-2H3. The topological polar surface area (TPSA) is 56.7 Å². The number of nitrogens with zero attached hydrogens (tertiary/aromatic N) is 3. The first-order chi connectivity index (χ1) is 8.76. The molecular weight excluding hydrogens is 224 g/mol. The molecule has 0 amide bonds. The summed E-state index contributed by atoms with van der Waals surface area (Å²) in [7, 11) is 0. The van der Waals surface area contributed by atoms with Crippen LogP contribution in [0.5, 0.6) is 0 Å². The monoisotopic (exact) mass is 244 g/mol. The molecule has 0 saturated heterocycles. The van der Waals surface area contributed by atoms with Gasteiger partial charge in [-0.3, -0.25) is 9.67 Å². The van der Waals surface area contributed by atoms with Crippen LogP contribution >= 0.6 is 0 Å². The van der Waals surface area contributed by atoms with Crippen molar-refractivity contribution < 1.29 is 0 Å². The smallest absolute Gasteiger partial charge is 0.0760 e. The number of pyridine rings is 1. The van der Waals surface area contributed by atoms with Crippen molar-refractivity contribution in [1.29, 1.82) is 0 Å². The van der Waals surface area contributed by atoms with E-state index in [2.05, 4.69) is 30.0 Å². The molecule has 0 aliphatic rings. The van der Waals surface area contributed by atoms with Gasteiger partial charge in [0, 0.05) is 24.5 Å². The maximum atomic E-state index is 6.29. The number of hydrogen-bond acceptors (Lipinski definition) is 3. The molecule has 2 N–H and O–H groups in total. The molecule has 0 bridgehead atoms. The van der Waals surface area contributed by atoms with Crippen molar-refractivity contribution in [3.63, 3.8) is 0 Å². The molecule has 0 spiro atoms. The summed E-state index contributed by atoms with van der Waals surface area (Å²) in [5, 5.41) is 4.32. The highest BCUT2D eigenvalue weighted by atomic mass is 15.3. The summed E-state index contributed by atoms with van der Waals surface area (Å²) < 4.78 is 1.93. The highest BCUT2D eigenvalue weighted by Gasteiger charge is 2.15. The zero-order chi connectivity index (χ0) is 13.0. The lowest BCUT2D eigenvalue weighted by Crippen LogP contribution is -2.15. The third-order valence-corrected chi connectivity index (χ3v) is 3.07. The molecule has 2 aromatic rings. The summed E-state index contributed by atoms with van der Waals surface area (Å²) in [6, 6.07) is 3.85. The third kappa shape index (κ3) is 2.59. The number of hydrogen-bond donors (Lipinski definition) is 1. The maximum absolute atomic E-state index is 6.29. The molecule has 4 heteroatoms. The van der Waals surface area contributed by atoms with E-state index in [1.165, 1.54) is 5.56 Å². The Kier molecular flexibility index (Phi) is 4.10. The van der Waals surface area contributed by atoms with Gasteiger partial charge in [-0.1, -0.05) is 19.9 Å². The van der Waals surface area contributed by atoms with Crippen LogP contribution in [-0.4, -0.2) is 14.8 Å². The molecule has 1 atom stereocenters. The minimum atomic E-state index is -0.188. The first-order valence-electron chi connectivity index (χ1n) is 6.48. The van der Waals surface area contributed by atoms with Crippen LogP contribution in [0.4, 0.5) is 0 Å². The second kappa shape index (κ2) is 5.78. The Bertz CT molecular complexity index is 504. The second-order valence-electron chi connectivity index (χ2n) is 4.42. The molecule has 2 rings (SSSR count). The van der Waals surface area contributed by atoms with Crippen LogP contribution in [0, 0.1) is 0 Å². The average molecular weight is 244 g/mol. The fourth-order valence-electron chi connectivity index (χ4n) is 2.08. The van der Waals surface area contributed by atoms with Crippen LogP contribution in [0.15, 0.2) is 30.7 Å². The van der Waals surface area contributed by atoms with E-state index in [4.69, 9.17) is 5.73 Å². The summed E-state index contributed by atoms with van der Waals surface area (Å²) in [5.74, 6) is 0. The van der Waals surface area contributed by atoms with Gasteiger partial charge in [0.25, 0.3) is 0 Å². The van der Waals surface area contributed by atoms with Crippen molar-refractivity contribution in [3.05, 3.63) is 47.5 Å². The molecule has 0 aromatic carbocycles. The molecule has 96 valence electrons. The summed E-state index contributed by atoms with van der Waals surface area (Å²) in [6.45, 7) is 5.18. The number of aromatic nitrogens is 3. The first kappa shape index (κ1) is 12.8. The predicted octanol–water partition coefficient (Wildman–Crippen LogP) is 2.30. The lowest BCUT2D eigenvalue weighted by atomic mass is 10.0. The fourth-order valence-corrected chi connectivity index (χ4v) is 2.08. The summed E-state index contributed by atoms with van der Waals surface area (Å²) in [4.78, 5) is 4.42. The van der Waals surface area contributed by atoms with Crippen molar-refractivity contribution in [2.24, 2.45) is 5.73 Å². The van der Waals surface area contributed by atoms with E-state index >= 15 is 0 Å². The Morgan fingerprint density at radius 3 is 2.94 bits per heavy atom. The minimum absolute atomic E-state index is 0.188. The van der Waals surface area contributed by atoms with E-state index in [0.717, 1.165) is 30.6 Å². The number of nitrogens with two attached hydrogens (primary N) is 1. The molecular formula is C14H20N4. The van der Waals surface area contributed by atoms with Crippen LogP contribution in [0.2, 0.25) is 0 Å². The Morgan fingerprint density at radius 2 is 2.22 bits per heavy atom. The van der Waals surface area contributed by atoms with Gasteiger partial charge in [-0.25, -0.2) is 0 Å². The lowest BCUT2D eigenvalue weighted by Gasteiger charge is -2.12. The van der Waals surface area contributed by atoms with E-state index in [1.807, 2.05) is 23.1 Å². The van der Waals surface area contributed by atoms with Crippen LogP contribution in [0.25, 0.3) is 0 Å². The first-order valence-corrected chi connectivity index (χ1v) is 6.48. The summed E-state index contributed by atoms with van der Waals surface area (Å²) in [5.41, 5.74) is 9.47. The number of aryl methyl sites for hydroxylation is 2. The van der Waals surface area contributed by atoms with E-state index < -0.39 is 0 Å². The molecule has 2 heterocycles. The van der Waals surface area contributed by atoms with Crippen LogP contribution in [0.3, 0.4) is 0 Å². The zero-order valence-corrected chi connectivity index (χ0v) is 11.0. The molecule has 0 saturated carbocycles. The zero-order valence-electron chi connectivity index (χ0n) is 11.0. The molecule has 2 aromatic heterocycles. The molecule has 1 unspecified atom stereocenters. The highest BCUT2D eigenvalue weighted by molar-refractivity contribution is 5.30. The van der Waals surface area contributed by atoms with Crippen molar-refractivity contribution in [3.8, 4) is 0 Å². The van der Waals surface area contributed by atoms with Gasteiger partial charge in [-0.15, -0.1) is 0 Å². The van der Waals surface area contributed by atoms with E-state index in [1.54, 1.807) is 6.20 Å². The van der Waals surface area contributed by atoms with Crippen LogP contribution < -0.4 is 5.73 Å². The molecule has 4 nitrogen and oxygen atoms in total. The molecule has 0 radical (unpaired) electrons. The van der Waals surface area contributed by atoms with Gasteiger partial charge < -0.3 is 5.73 Å². The minimum Gasteiger partial charge on any atom is -0.319 e. The Morgan fingerprint density at radius 1 is 1.39 bits per heavy atom. The maximum Gasteiger partial charge on any atom is 0.0760 e. The lowest BCUT2D eigenvalue weighted by molar-refractivity contribution is 0.601. The SMILES string of the molecule is CCCn1cc(C(N)c2ncccc2CC)cn1. The largest absolute Gasteiger partial charge is 0.319 e. The van der Waals surface area contributed by atoms with Gasteiger partial charge in [0.15, 0.2) is 0 Å².